The van der Waals surface area contributed by atoms with E-state index < -0.39 is 5.25 Å². The molecule has 178 valence electrons. The van der Waals surface area contributed by atoms with Gasteiger partial charge in [-0.3, -0.25) is 9.59 Å². The van der Waals surface area contributed by atoms with Gasteiger partial charge in [-0.2, -0.15) is 0 Å². The summed E-state index contributed by atoms with van der Waals surface area (Å²) in [6, 6.07) is 22.4. The molecule has 2 N–H and O–H groups in total. The molecule has 3 aromatic rings. The normalized spacial score (nSPS) is 11.4. The summed E-state index contributed by atoms with van der Waals surface area (Å²) in [5, 5.41) is 5.42. The van der Waals surface area contributed by atoms with E-state index >= 15 is 0 Å². The third-order valence-corrected chi connectivity index (χ3v) is 6.38. The number of carbonyl (C=O) groups is 2. The fraction of sp³-hybridized carbons (Fsp3) is 0.259. The van der Waals surface area contributed by atoms with Gasteiger partial charge >= 0.3 is 0 Å². The maximum atomic E-state index is 13.4. The molecule has 0 saturated heterocycles. The van der Waals surface area contributed by atoms with E-state index in [-0.39, 0.29) is 11.8 Å². The van der Waals surface area contributed by atoms with E-state index in [1.54, 1.807) is 32.4 Å². The van der Waals surface area contributed by atoms with Crippen molar-refractivity contribution in [2.45, 2.75) is 36.3 Å². The van der Waals surface area contributed by atoms with Crippen LogP contribution >= 0.6 is 11.8 Å². The van der Waals surface area contributed by atoms with E-state index in [9.17, 15) is 9.59 Å². The molecule has 6 nitrogen and oxygen atoms in total. The third kappa shape index (κ3) is 7.28. The minimum atomic E-state index is -0.483. The number of anilines is 2. The quantitative estimate of drug-likeness (QED) is 0.316. The average Bonchev–Trinajstić information content (AvgIpc) is 2.87. The standard InChI is InChI=1S/C27H30N2O4S/c1-4-5-11-25(30)28-20-12-14-24(15-13-20)34-26(19-9-7-6-8-10-19)27(31)29-21-16-22(32-2)18-23(17-21)33-3/h6-10,12-18,26H,4-5,11H2,1-3H3,(H,28,30)(H,29,31). The molecule has 3 aromatic carbocycles. The van der Waals surface area contributed by atoms with E-state index in [2.05, 4.69) is 17.6 Å². The van der Waals surface area contributed by atoms with Gasteiger partial charge in [0.1, 0.15) is 16.7 Å². The second kappa shape index (κ2) is 12.7. The number of ether oxygens (including phenoxy) is 2. The smallest absolute Gasteiger partial charge is 0.242 e. The van der Waals surface area contributed by atoms with Gasteiger partial charge in [-0.15, -0.1) is 11.8 Å². The number of amides is 2. The first-order valence-corrected chi connectivity index (χ1v) is 12.1. The lowest BCUT2D eigenvalue weighted by atomic mass is 10.1. The van der Waals surface area contributed by atoms with Gasteiger partial charge in [-0.25, -0.2) is 0 Å². The lowest BCUT2D eigenvalue weighted by molar-refractivity contribution is -0.116. The molecule has 0 aliphatic rings. The van der Waals surface area contributed by atoms with Crippen LogP contribution in [-0.2, 0) is 9.59 Å². The van der Waals surface area contributed by atoms with Gasteiger partial charge in [-0.05, 0) is 36.2 Å². The van der Waals surface area contributed by atoms with Crippen molar-refractivity contribution < 1.29 is 19.1 Å². The minimum absolute atomic E-state index is 0.0116. The van der Waals surface area contributed by atoms with E-state index in [0.29, 0.717) is 23.6 Å². The van der Waals surface area contributed by atoms with Crippen LogP contribution in [0.15, 0.2) is 77.7 Å². The van der Waals surface area contributed by atoms with Gasteiger partial charge in [0, 0.05) is 40.9 Å². The Balaban J connectivity index is 1.77. The Morgan fingerprint density at radius 2 is 1.50 bits per heavy atom. The minimum Gasteiger partial charge on any atom is -0.497 e. The summed E-state index contributed by atoms with van der Waals surface area (Å²) in [4.78, 5) is 26.3. The summed E-state index contributed by atoms with van der Waals surface area (Å²) in [6.45, 7) is 2.06. The molecule has 2 amide bonds. The SMILES string of the molecule is CCCCC(=O)Nc1ccc(SC(C(=O)Nc2cc(OC)cc(OC)c2)c2ccccc2)cc1. The molecule has 0 spiro atoms. The summed E-state index contributed by atoms with van der Waals surface area (Å²) in [5.74, 6) is 1.03. The van der Waals surface area contributed by atoms with Crippen LogP contribution in [0.4, 0.5) is 11.4 Å². The van der Waals surface area contributed by atoms with Gasteiger partial charge in [0.05, 0.1) is 14.2 Å². The van der Waals surface area contributed by atoms with Crippen molar-refractivity contribution in [1.82, 2.24) is 0 Å². The molecule has 0 heterocycles. The fourth-order valence-corrected chi connectivity index (χ4v) is 4.33. The highest BCUT2D eigenvalue weighted by Gasteiger charge is 2.22. The van der Waals surface area contributed by atoms with Crippen molar-refractivity contribution in [1.29, 1.82) is 0 Å². The van der Waals surface area contributed by atoms with Crippen LogP contribution in [0.25, 0.3) is 0 Å². The van der Waals surface area contributed by atoms with Crippen LogP contribution < -0.4 is 20.1 Å². The molecule has 0 aliphatic carbocycles. The van der Waals surface area contributed by atoms with Gasteiger partial charge in [0.25, 0.3) is 0 Å². The van der Waals surface area contributed by atoms with Gasteiger partial charge in [0.2, 0.25) is 11.8 Å². The van der Waals surface area contributed by atoms with E-state index in [1.165, 1.54) is 11.8 Å². The summed E-state index contributed by atoms with van der Waals surface area (Å²) >= 11 is 1.44. The zero-order valence-corrected chi connectivity index (χ0v) is 20.5. The van der Waals surface area contributed by atoms with Crippen molar-refractivity contribution in [3.8, 4) is 11.5 Å². The molecule has 7 heteroatoms. The number of unbranched alkanes of at least 4 members (excludes halogenated alkanes) is 1. The number of rotatable bonds is 11. The largest absolute Gasteiger partial charge is 0.497 e. The van der Waals surface area contributed by atoms with Crippen molar-refractivity contribution in [2.24, 2.45) is 0 Å². The molecule has 0 aromatic heterocycles. The van der Waals surface area contributed by atoms with Crippen LogP contribution in [0.2, 0.25) is 0 Å². The molecule has 1 atom stereocenters. The first-order valence-electron chi connectivity index (χ1n) is 11.2. The third-order valence-electron chi connectivity index (χ3n) is 5.11. The van der Waals surface area contributed by atoms with Crippen molar-refractivity contribution in [3.05, 3.63) is 78.4 Å². The lowest BCUT2D eigenvalue weighted by Gasteiger charge is -2.18. The first kappa shape index (κ1) is 25.2. The fourth-order valence-electron chi connectivity index (χ4n) is 3.30. The average molecular weight is 479 g/mol. The van der Waals surface area contributed by atoms with Crippen LogP contribution in [0, 0.1) is 0 Å². The number of nitrogens with one attached hydrogen (secondary N) is 2. The number of carbonyl (C=O) groups excluding carboxylic acids is 2. The van der Waals surface area contributed by atoms with Crippen molar-refractivity contribution >= 4 is 35.0 Å². The lowest BCUT2D eigenvalue weighted by Crippen LogP contribution is -2.19. The highest BCUT2D eigenvalue weighted by Crippen LogP contribution is 2.37. The van der Waals surface area contributed by atoms with E-state index in [4.69, 9.17) is 9.47 Å². The summed E-state index contributed by atoms with van der Waals surface area (Å²) in [5.41, 5.74) is 2.22. The predicted molar refractivity (Wildman–Crippen MR) is 138 cm³/mol. The highest BCUT2D eigenvalue weighted by molar-refractivity contribution is 8.00. The van der Waals surface area contributed by atoms with Crippen LogP contribution in [-0.4, -0.2) is 26.0 Å². The second-order valence-electron chi connectivity index (χ2n) is 7.68. The Morgan fingerprint density at radius 3 is 2.09 bits per heavy atom. The molecular formula is C27H30N2O4S. The van der Waals surface area contributed by atoms with Crippen LogP contribution in [0.5, 0.6) is 11.5 Å². The maximum absolute atomic E-state index is 13.4. The number of hydrogen-bond donors (Lipinski definition) is 2. The van der Waals surface area contributed by atoms with Crippen molar-refractivity contribution in [3.63, 3.8) is 0 Å². The predicted octanol–water partition coefficient (Wildman–Crippen LogP) is 6.30. The molecular weight excluding hydrogens is 448 g/mol. The molecule has 0 aliphatic heterocycles. The zero-order chi connectivity index (χ0) is 24.3. The highest BCUT2D eigenvalue weighted by atomic mass is 32.2. The Kier molecular flexibility index (Phi) is 9.40. The Hall–Kier alpha value is -3.45. The molecule has 34 heavy (non-hydrogen) atoms. The van der Waals surface area contributed by atoms with Gasteiger partial charge in [-0.1, -0.05) is 43.7 Å². The Morgan fingerprint density at radius 1 is 0.853 bits per heavy atom. The van der Waals surface area contributed by atoms with Gasteiger partial charge < -0.3 is 20.1 Å². The van der Waals surface area contributed by atoms with Crippen molar-refractivity contribution in [2.75, 3.05) is 24.9 Å². The zero-order valence-electron chi connectivity index (χ0n) is 19.7. The van der Waals surface area contributed by atoms with E-state index in [1.807, 2.05) is 54.6 Å². The molecule has 1 unspecified atom stereocenters. The van der Waals surface area contributed by atoms with Crippen LogP contribution in [0.3, 0.4) is 0 Å². The Bertz CT molecular complexity index is 1070. The molecule has 0 fully saturated rings. The summed E-state index contributed by atoms with van der Waals surface area (Å²) in [6.07, 6.45) is 2.36. The number of thioether (sulfide) groups is 1. The summed E-state index contributed by atoms with van der Waals surface area (Å²) in [7, 11) is 3.14. The number of hydrogen-bond acceptors (Lipinski definition) is 5. The van der Waals surface area contributed by atoms with Crippen LogP contribution in [0.1, 0.15) is 37.0 Å². The van der Waals surface area contributed by atoms with Gasteiger partial charge in [0.15, 0.2) is 0 Å². The summed E-state index contributed by atoms with van der Waals surface area (Å²) < 4.78 is 10.6. The first-order chi connectivity index (χ1) is 16.5. The number of benzene rings is 3. The molecule has 0 bridgehead atoms. The van der Waals surface area contributed by atoms with E-state index in [0.717, 1.165) is 29.0 Å². The second-order valence-corrected chi connectivity index (χ2v) is 8.85. The Labute approximate surface area is 205 Å². The monoisotopic (exact) mass is 478 g/mol. The molecule has 0 radical (unpaired) electrons. The molecule has 3 rings (SSSR count). The topological polar surface area (TPSA) is 76.7 Å². The number of methoxy groups -OCH3 is 2. The maximum Gasteiger partial charge on any atom is 0.242 e. The molecule has 0 saturated carbocycles.